The quantitative estimate of drug-likeness (QED) is 0.356. The van der Waals surface area contributed by atoms with Crippen LogP contribution in [0, 0.1) is 0 Å². The minimum atomic E-state index is -4.40. The van der Waals surface area contributed by atoms with Gasteiger partial charge in [-0.25, -0.2) is 4.98 Å². The van der Waals surface area contributed by atoms with Crippen LogP contribution in [0.25, 0.3) is 0 Å². The molecule has 1 N–H and O–H groups in total. The first-order chi connectivity index (χ1) is 13.4. The number of aromatic nitrogens is 1. The molecular formula is C17H25F3IN5O2S. The van der Waals surface area contributed by atoms with Gasteiger partial charge in [-0.15, -0.1) is 35.3 Å². The van der Waals surface area contributed by atoms with Gasteiger partial charge in [-0.1, -0.05) is 0 Å². The van der Waals surface area contributed by atoms with Crippen molar-refractivity contribution >= 4 is 47.2 Å². The highest BCUT2D eigenvalue weighted by atomic mass is 127. The Hall–Kier alpha value is -1.15. The Bertz CT molecular complexity index is 701. The summed E-state index contributed by atoms with van der Waals surface area (Å²) < 4.78 is 43.3. The lowest BCUT2D eigenvalue weighted by Crippen LogP contribution is -2.55. The largest absolute Gasteiger partial charge is 0.434 e. The van der Waals surface area contributed by atoms with Crippen molar-refractivity contribution in [2.24, 2.45) is 4.99 Å². The predicted molar refractivity (Wildman–Crippen MR) is 115 cm³/mol. The van der Waals surface area contributed by atoms with Crippen LogP contribution in [-0.2, 0) is 22.1 Å². The van der Waals surface area contributed by atoms with Crippen molar-refractivity contribution in [3.63, 3.8) is 0 Å². The van der Waals surface area contributed by atoms with E-state index in [1.54, 1.807) is 7.05 Å². The van der Waals surface area contributed by atoms with Gasteiger partial charge in [0, 0.05) is 58.2 Å². The van der Waals surface area contributed by atoms with Crippen LogP contribution in [0.15, 0.2) is 10.4 Å². The number of amides is 1. The zero-order valence-electron chi connectivity index (χ0n) is 16.1. The van der Waals surface area contributed by atoms with Crippen LogP contribution >= 0.6 is 35.3 Å². The van der Waals surface area contributed by atoms with Crippen molar-refractivity contribution in [2.45, 2.75) is 31.5 Å². The second kappa shape index (κ2) is 10.8. The number of alkyl halides is 3. The van der Waals surface area contributed by atoms with Gasteiger partial charge >= 0.3 is 6.18 Å². The van der Waals surface area contributed by atoms with Crippen molar-refractivity contribution in [3.8, 4) is 0 Å². The Morgan fingerprint density at radius 1 is 1.34 bits per heavy atom. The first-order valence-electron chi connectivity index (χ1n) is 9.26. The Morgan fingerprint density at radius 3 is 2.59 bits per heavy atom. The fourth-order valence-corrected chi connectivity index (χ4v) is 4.09. The number of ether oxygens (including phenoxy) is 1. The first-order valence-corrected chi connectivity index (χ1v) is 10.1. The molecule has 1 atom stereocenters. The van der Waals surface area contributed by atoms with Crippen molar-refractivity contribution < 1.29 is 22.7 Å². The number of aliphatic imine (C=N–C) groups is 1. The Balaban J connectivity index is 0.00000300. The monoisotopic (exact) mass is 547 g/mol. The van der Waals surface area contributed by atoms with Crippen LogP contribution in [0.1, 0.15) is 23.5 Å². The molecule has 0 saturated carbocycles. The van der Waals surface area contributed by atoms with Gasteiger partial charge < -0.3 is 19.9 Å². The summed E-state index contributed by atoms with van der Waals surface area (Å²) in [6, 6.07) is 0. The second-order valence-corrected chi connectivity index (χ2v) is 7.60. The van der Waals surface area contributed by atoms with Crippen LogP contribution in [0.4, 0.5) is 13.2 Å². The molecule has 2 aliphatic rings. The zero-order valence-corrected chi connectivity index (χ0v) is 19.2. The lowest BCUT2D eigenvalue weighted by atomic mass is 10.2. The van der Waals surface area contributed by atoms with Crippen molar-refractivity contribution in [3.05, 3.63) is 16.1 Å². The van der Waals surface area contributed by atoms with Crippen molar-refractivity contribution in [1.82, 2.24) is 20.1 Å². The number of nitrogens with zero attached hydrogens (tertiary/aromatic N) is 4. The molecule has 12 heteroatoms. The Morgan fingerprint density at radius 2 is 2.03 bits per heavy atom. The summed E-state index contributed by atoms with van der Waals surface area (Å²) in [5.74, 6) is 0.737. The molecule has 1 aromatic rings. The minimum absolute atomic E-state index is 0. The van der Waals surface area contributed by atoms with E-state index in [4.69, 9.17) is 4.74 Å². The second-order valence-electron chi connectivity index (χ2n) is 6.66. The number of rotatable bonds is 4. The van der Waals surface area contributed by atoms with Crippen LogP contribution in [-0.4, -0.2) is 79.1 Å². The number of piperazine rings is 1. The lowest BCUT2D eigenvalue weighted by molar-refractivity contribution is -0.142. The third-order valence-corrected chi connectivity index (χ3v) is 5.68. The molecule has 1 aromatic heterocycles. The third kappa shape index (κ3) is 6.41. The summed E-state index contributed by atoms with van der Waals surface area (Å²) in [7, 11) is 1.66. The Kier molecular flexibility index (Phi) is 8.94. The van der Waals surface area contributed by atoms with E-state index in [-0.39, 0.29) is 36.0 Å². The van der Waals surface area contributed by atoms with Gasteiger partial charge in [0.1, 0.15) is 6.10 Å². The summed E-state index contributed by atoms with van der Waals surface area (Å²) in [6.45, 7) is 3.58. The molecule has 3 rings (SSSR count). The van der Waals surface area contributed by atoms with E-state index in [1.165, 1.54) is 0 Å². The summed E-state index contributed by atoms with van der Waals surface area (Å²) in [5, 5.41) is 4.64. The average Bonchev–Trinajstić information content (AvgIpc) is 3.36. The maximum Gasteiger partial charge on any atom is 0.434 e. The SMILES string of the molecule is CN=C(NCCc1nc(C(F)(F)F)cs1)N1CCN(C(=O)C2CCCO2)CC1.I. The van der Waals surface area contributed by atoms with Gasteiger partial charge in [-0.05, 0) is 12.8 Å². The number of hydrogen-bond donors (Lipinski definition) is 1. The van der Waals surface area contributed by atoms with Gasteiger partial charge in [0.05, 0.1) is 5.01 Å². The minimum Gasteiger partial charge on any atom is -0.368 e. The fourth-order valence-electron chi connectivity index (χ4n) is 3.28. The lowest BCUT2D eigenvalue weighted by Gasteiger charge is -2.37. The molecule has 2 saturated heterocycles. The molecule has 164 valence electrons. The van der Waals surface area contributed by atoms with Crippen LogP contribution in [0.2, 0.25) is 0 Å². The van der Waals surface area contributed by atoms with E-state index in [9.17, 15) is 18.0 Å². The number of hydrogen-bond acceptors (Lipinski definition) is 5. The van der Waals surface area contributed by atoms with Gasteiger partial charge in [0.2, 0.25) is 0 Å². The molecule has 7 nitrogen and oxygen atoms in total. The number of halogens is 4. The highest BCUT2D eigenvalue weighted by Gasteiger charge is 2.34. The van der Waals surface area contributed by atoms with Gasteiger partial charge in [0.15, 0.2) is 11.7 Å². The van der Waals surface area contributed by atoms with E-state index in [1.807, 2.05) is 9.80 Å². The van der Waals surface area contributed by atoms with Crippen LogP contribution < -0.4 is 5.32 Å². The number of thiazole rings is 1. The van der Waals surface area contributed by atoms with E-state index < -0.39 is 11.9 Å². The van der Waals surface area contributed by atoms with Crippen molar-refractivity contribution in [1.29, 1.82) is 0 Å². The highest BCUT2D eigenvalue weighted by molar-refractivity contribution is 14.0. The number of carbonyl (C=O) groups excluding carboxylic acids is 1. The summed E-state index contributed by atoms with van der Waals surface area (Å²) in [6.07, 6.45) is -2.61. The van der Waals surface area contributed by atoms with Gasteiger partial charge in [-0.3, -0.25) is 9.79 Å². The molecular weight excluding hydrogens is 522 g/mol. The van der Waals surface area contributed by atoms with E-state index in [2.05, 4.69) is 15.3 Å². The maximum absolute atomic E-state index is 12.6. The molecule has 0 radical (unpaired) electrons. The third-order valence-electron chi connectivity index (χ3n) is 4.77. The molecule has 0 aromatic carbocycles. The maximum atomic E-state index is 12.6. The Labute approximate surface area is 188 Å². The predicted octanol–water partition coefficient (Wildman–Crippen LogP) is 2.22. The normalized spacial score (nSPS) is 20.6. The molecule has 2 aliphatic heterocycles. The van der Waals surface area contributed by atoms with Crippen LogP contribution in [0.3, 0.4) is 0 Å². The number of guanidine groups is 1. The standard InChI is InChI=1S/C17H24F3N5O2S.HI/c1-21-16(22-5-4-14-23-13(11-28-14)17(18,19)20)25-8-6-24(7-9-25)15(26)12-3-2-10-27-12;/h11-12H,2-10H2,1H3,(H,21,22);1H. The first kappa shape index (κ1) is 24.1. The van der Waals surface area contributed by atoms with E-state index >= 15 is 0 Å². The molecule has 2 fully saturated rings. The topological polar surface area (TPSA) is 70.1 Å². The molecule has 0 bridgehead atoms. The summed E-state index contributed by atoms with van der Waals surface area (Å²) in [5.41, 5.74) is -0.844. The van der Waals surface area contributed by atoms with Crippen LogP contribution in [0.5, 0.6) is 0 Å². The number of nitrogens with one attached hydrogen (secondary N) is 1. The van der Waals surface area contributed by atoms with E-state index in [0.29, 0.717) is 56.7 Å². The zero-order chi connectivity index (χ0) is 20.1. The smallest absolute Gasteiger partial charge is 0.368 e. The summed E-state index contributed by atoms with van der Waals surface area (Å²) >= 11 is 1.01. The van der Waals surface area contributed by atoms with Gasteiger partial charge in [-0.2, -0.15) is 13.2 Å². The molecule has 0 aliphatic carbocycles. The molecule has 0 spiro atoms. The molecule has 1 unspecified atom stereocenters. The molecule has 3 heterocycles. The average molecular weight is 547 g/mol. The molecule has 29 heavy (non-hydrogen) atoms. The summed E-state index contributed by atoms with van der Waals surface area (Å²) in [4.78, 5) is 24.1. The van der Waals surface area contributed by atoms with E-state index in [0.717, 1.165) is 29.6 Å². The van der Waals surface area contributed by atoms with Gasteiger partial charge in [0.25, 0.3) is 5.91 Å². The highest BCUT2D eigenvalue weighted by Crippen LogP contribution is 2.30. The fraction of sp³-hybridized carbons (Fsp3) is 0.706. The molecule has 1 amide bonds. The van der Waals surface area contributed by atoms with Crippen molar-refractivity contribution in [2.75, 3.05) is 46.4 Å². The number of carbonyl (C=O) groups is 1.